The molecule has 104 valence electrons. The molecular formula is C14H21N3OS. The summed E-state index contributed by atoms with van der Waals surface area (Å²) in [5.41, 5.74) is 7.23. The Labute approximate surface area is 118 Å². The predicted molar refractivity (Wildman–Crippen MR) is 79.5 cm³/mol. The van der Waals surface area contributed by atoms with Gasteiger partial charge in [0.25, 0.3) is 5.91 Å². The summed E-state index contributed by atoms with van der Waals surface area (Å²) in [7, 11) is 0. The lowest BCUT2D eigenvalue weighted by molar-refractivity contribution is 0.0937. The second-order valence-electron chi connectivity index (χ2n) is 5.56. The topological polar surface area (TPSA) is 60.1 Å². The first kappa shape index (κ1) is 12.9. The van der Waals surface area contributed by atoms with Gasteiger partial charge >= 0.3 is 0 Å². The quantitative estimate of drug-likeness (QED) is 0.889. The standard InChI is InChI=1S/C14H21N3OS/c15-11-7-13(17(9-11)12-1-2-12)14(18)16-8-10-3-5-19-6-4-10/h7,9-10,12H,1-6,8,15H2,(H,16,18). The number of aromatic nitrogens is 1. The lowest BCUT2D eigenvalue weighted by Crippen LogP contribution is -2.32. The lowest BCUT2D eigenvalue weighted by atomic mass is 10.0. The molecule has 4 nitrogen and oxygen atoms in total. The Morgan fingerprint density at radius 2 is 2.11 bits per heavy atom. The van der Waals surface area contributed by atoms with Gasteiger partial charge in [0.05, 0.1) is 5.69 Å². The van der Waals surface area contributed by atoms with Crippen molar-refractivity contribution in [1.82, 2.24) is 9.88 Å². The minimum atomic E-state index is 0.0295. The van der Waals surface area contributed by atoms with E-state index in [0.29, 0.717) is 17.6 Å². The minimum Gasteiger partial charge on any atom is -0.397 e. The number of rotatable bonds is 4. The molecule has 0 unspecified atom stereocenters. The van der Waals surface area contributed by atoms with Crippen LogP contribution in [-0.4, -0.2) is 28.5 Å². The molecule has 5 heteroatoms. The monoisotopic (exact) mass is 279 g/mol. The first-order valence-electron chi connectivity index (χ1n) is 7.07. The number of carbonyl (C=O) groups is 1. The molecule has 1 aromatic heterocycles. The van der Waals surface area contributed by atoms with E-state index < -0.39 is 0 Å². The summed E-state index contributed by atoms with van der Waals surface area (Å²) in [5.74, 6) is 3.13. The molecule has 2 aliphatic rings. The predicted octanol–water partition coefficient (Wildman–Crippen LogP) is 2.28. The van der Waals surface area contributed by atoms with Crippen molar-refractivity contribution in [3.05, 3.63) is 18.0 Å². The third-order valence-electron chi connectivity index (χ3n) is 3.93. The van der Waals surface area contributed by atoms with Crippen molar-refractivity contribution in [2.45, 2.75) is 31.7 Å². The van der Waals surface area contributed by atoms with Crippen molar-refractivity contribution >= 4 is 23.4 Å². The maximum Gasteiger partial charge on any atom is 0.268 e. The van der Waals surface area contributed by atoms with E-state index in [0.717, 1.165) is 25.1 Å². The van der Waals surface area contributed by atoms with E-state index in [1.807, 2.05) is 22.5 Å². The zero-order valence-electron chi connectivity index (χ0n) is 11.1. The van der Waals surface area contributed by atoms with Crippen LogP contribution in [0.15, 0.2) is 12.3 Å². The Morgan fingerprint density at radius 3 is 2.79 bits per heavy atom. The van der Waals surface area contributed by atoms with Gasteiger partial charge in [0, 0.05) is 18.8 Å². The zero-order valence-corrected chi connectivity index (χ0v) is 11.9. The van der Waals surface area contributed by atoms with Crippen molar-refractivity contribution in [3.8, 4) is 0 Å². The van der Waals surface area contributed by atoms with Gasteiger partial charge in [0.2, 0.25) is 0 Å². The maximum atomic E-state index is 12.3. The third-order valence-corrected chi connectivity index (χ3v) is 4.98. The highest BCUT2D eigenvalue weighted by Crippen LogP contribution is 2.37. The number of thioether (sulfide) groups is 1. The fourth-order valence-electron chi connectivity index (χ4n) is 2.62. The zero-order chi connectivity index (χ0) is 13.2. The lowest BCUT2D eigenvalue weighted by Gasteiger charge is -2.21. The molecule has 2 heterocycles. The van der Waals surface area contributed by atoms with Crippen molar-refractivity contribution in [1.29, 1.82) is 0 Å². The number of nitrogens with two attached hydrogens (primary N) is 1. The third kappa shape index (κ3) is 3.08. The molecule has 0 atom stereocenters. The summed E-state index contributed by atoms with van der Waals surface area (Å²) in [5, 5.41) is 3.08. The Bertz CT molecular complexity index is 461. The first-order valence-corrected chi connectivity index (χ1v) is 8.23. The van der Waals surface area contributed by atoms with Crippen LogP contribution in [0.3, 0.4) is 0 Å². The highest BCUT2D eigenvalue weighted by Gasteiger charge is 2.27. The van der Waals surface area contributed by atoms with Crippen molar-refractivity contribution in [3.63, 3.8) is 0 Å². The van der Waals surface area contributed by atoms with E-state index in [4.69, 9.17) is 5.73 Å². The van der Waals surface area contributed by atoms with E-state index >= 15 is 0 Å². The molecule has 2 fully saturated rings. The Kier molecular flexibility index (Phi) is 3.73. The molecule has 1 aliphatic carbocycles. The van der Waals surface area contributed by atoms with Crippen molar-refractivity contribution in [2.75, 3.05) is 23.8 Å². The highest BCUT2D eigenvalue weighted by molar-refractivity contribution is 7.99. The van der Waals surface area contributed by atoms with Gasteiger partial charge in [-0.05, 0) is 49.2 Å². The van der Waals surface area contributed by atoms with Crippen LogP contribution in [0.2, 0.25) is 0 Å². The van der Waals surface area contributed by atoms with Crippen LogP contribution in [0, 0.1) is 5.92 Å². The average Bonchev–Trinajstić information content (AvgIpc) is 3.20. The van der Waals surface area contributed by atoms with E-state index in [-0.39, 0.29) is 5.91 Å². The van der Waals surface area contributed by atoms with Crippen LogP contribution < -0.4 is 11.1 Å². The molecule has 0 bridgehead atoms. The van der Waals surface area contributed by atoms with Gasteiger partial charge < -0.3 is 15.6 Å². The van der Waals surface area contributed by atoms with Crippen LogP contribution in [0.5, 0.6) is 0 Å². The van der Waals surface area contributed by atoms with Crippen molar-refractivity contribution < 1.29 is 4.79 Å². The first-order chi connectivity index (χ1) is 9.24. The molecule has 0 aromatic carbocycles. The van der Waals surface area contributed by atoms with Crippen molar-refractivity contribution in [2.24, 2.45) is 5.92 Å². The van der Waals surface area contributed by atoms with Crippen LogP contribution in [0.25, 0.3) is 0 Å². The molecule has 3 rings (SSSR count). The Morgan fingerprint density at radius 1 is 1.37 bits per heavy atom. The summed E-state index contributed by atoms with van der Waals surface area (Å²) < 4.78 is 2.04. The van der Waals surface area contributed by atoms with Gasteiger partial charge in [-0.3, -0.25) is 4.79 Å². The molecule has 1 saturated heterocycles. The number of carbonyl (C=O) groups excluding carboxylic acids is 1. The number of amides is 1. The smallest absolute Gasteiger partial charge is 0.268 e. The largest absolute Gasteiger partial charge is 0.397 e. The second-order valence-corrected chi connectivity index (χ2v) is 6.79. The fourth-order valence-corrected chi connectivity index (χ4v) is 3.82. The van der Waals surface area contributed by atoms with E-state index in [9.17, 15) is 4.79 Å². The molecule has 1 aliphatic heterocycles. The maximum absolute atomic E-state index is 12.3. The normalized spacial score (nSPS) is 20.4. The molecule has 0 spiro atoms. The highest BCUT2D eigenvalue weighted by atomic mass is 32.2. The fraction of sp³-hybridized carbons (Fsp3) is 0.643. The summed E-state index contributed by atoms with van der Waals surface area (Å²) in [6.07, 6.45) is 6.65. The summed E-state index contributed by atoms with van der Waals surface area (Å²) in [4.78, 5) is 12.3. The number of nitrogens with zero attached hydrogens (tertiary/aromatic N) is 1. The summed E-state index contributed by atoms with van der Waals surface area (Å²) in [6.45, 7) is 0.801. The molecule has 19 heavy (non-hydrogen) atoms. The minimum absolute atomic E-state index is 0.0295. The van der Waals surface area contributed by atoms with Gasteiger partial charge in [-0.15, -0.1) is 0 Å². The van der Waals surface area contributed by atoms with Gasteiger partial charge in [0.15, 0.2) is 0 Å². The number of hydrogen-bond acceptors (Lipinski definition) is 3. The SMILES string of the molecule is Nc1cc(C(=O)NCC2CCSCC2)n(C2CC2)c1. The molecule has 1 saturated carbocycles. The molecular weight excluding hydrogens is 258 g/mol. The van der Waals surface area contributed by atoms with Crippen LogP contribution in [0.1, 0.15) is 42.2 Å². The Balaban J connectivity index is 1.60. The van der Waals surface area contributed by atoms with Crippen LogP contribution in [-0.2, 0) is 0 Å². The number of anilines is 1. The molecule has 3 N–H and O–H groups in total. The van der Waals surface area contributed by atoms with Crippen LogP contribution in [0.4, 0.5) is 5.69 Å². The molecule has 1 amide bonds. The van der Waals surface area contributed by atoms with E-state index in [1.54, 1.807) is 6.07 Å². The molecule has 0 radical (unpaired) electrons. The average molecular weight is 279 g/mol. The summed E-state index contributed by atoms with van der Waals surface area (Å²) in [6, 6.07) is 2.29. The van der Waals surface area contributed by atoms with Gasteiger partial charge in [-0.1, -0.05) is 0 Å². The molecule has 1 aromatic rings. The second kappa shape index (κ2) is 5.49. The van der Waals surface area contributed by atoms with Gasteiger partial charge in [-0.2, -0.15) is 11.8 Å². The summed E-state index contributed by atoms with van der Waals surface area (Å²) >= 11 is 2.01. The van der Waals surface area contributed by atoms with E-state index in [2.05, 4.69) is 5.32 Å². The van der Waals surface area contributed by atoms with E-state index in [1.165, 1.54) is 24.3 Å². The van der Waals surface area contributed by atoms with Gasteiger partial charge in [0.1, 0.15) is 5.69 Å². The number of nitrogens with one attached hydrogen (secondary N) is 1. The van der Waals surface area contributed by atoms with Gasteiger partial charge in [-0.25, -0.2) is 0 Å². The number of hydrogen-bond donors (Lipinski definition) is 2. The Hall–Kier alpha value is -1.10. The van der Waals surface area contributed by atoms with Crippen LogP contribution >= 0.6 is 11.8 Å². The number of nitrogen functional groups attached to an aromatic ring is 1.